The molecule has 0 saturated heterocycles. The van der Waals surface area contributed by atoms with Gasteiger partial charge in [-0.05, 0) is 67.6 Å². The lowest BCUT2D eigenvalue weighted by Crippen LogP contribution is -2.22. The SMILES string of the molecule is CC(Sc1ccc(NC(=O)c2ccc(C(=O)O)cc2C(=O)O)cc1)C(=O)Nc1ccc(Cl)c(Cl)c1. The monoisotopic (exact) mass is 532 g/mol. The fourth-order valence-electron chi connectivity index (χ4n) is 2.94. The molecule has 0 aromatic heterocycles. The number of carboxylic acids is 2. The van der Waals surface area contributed by atoms with Gasteiger partial charge in [-0.2, -0.15) is 0 Å². The minimum absolute atomic E-state index is 0.173. The molecular formula is C24H18Cl2N2O6S. The number of hydrogen-bond donors (Lipinski definition) is 4. The first-order valence-corrected chi connectivity index (χ1v) is 11.6. The molecule has 0 aliphatic heterocycles. The number of halogens is 2. The van der Waals surface area contributed by atoms with Crippen molar-refractivity contribution >= 4 is 70.1 Å². The van der Waals surface area contributed by atoms with Crippen LogP contribution in [0.4, 0.5) is 11.4 Å². The summed E-state index contributed by atoms with van der Waals surface area (Å²) in [6, 6.07) is 14.7. The molecule has 0 aliphatic rings. The van der Waals surface area contributed by atoms with Crippen molar-refractivity contribution in [2.45, 2.75) is 17.1 Å². The molecule has 0 aliphatic carbocycles. The molecule has 3 aromatic carbocycles. The molecule has 11 heteroatoms. The number of thioether (sulfide) groups is 1. The molecule has 3 aromatic rings. The quantitative estimate of drug-likeness (QED) is 0.271. The first-order chi connectivity index (χ1) is 16.5. The Morgan fingerprint density at radius 1 is 0.771 bits per heavy atom. The number of carbonyl (C=O) groups is 4. The van der Waals surface area contributed by atoms with Crippen LogP contribution in [0.1, 0.15) is 38.0 Å². The van der Waals surface area contributed by atoms with Gasteiger partial charge in [-0.1, -0.05) is 23.2 Å². The van der Waals surface area contributed by atoms with E-state index in [1.807, 2.05) is 0 Å². The molecule has 0 radical (unpaired) electrons. The van der Waals surface area contributed by atoms with E-state index in [9.17, 15) is 24.3 Å². The molecule has 0 saturated carbocycles. The van der Waals surface area contributed by atoms with Gasteiger partial charge in [0.2, 0.25) is 5.91 Å². The van der Waals surface area contributed by atoms with E-state index in [4.69, 9.17) is 28.3 Å². The van der Waals surface area contributed by atoms with Crippen molar-refractivity contribution in [3.05, 3.63) is 87.4 Å². The van der Waals surface area contributed by atoms with E-state index in [1.165, 1.54) is 11.8 Å². The summed E-state index contributed by atoms with van der Waals surface area (Å²) in [5.41, 5.74) is 0.0838. The van der Waals surface area contributed by atoms with Gasteiger partial charge in [0.15, 0.2) is 0 Å². The molecule has 180 valence electrons. The zero-order valence-electron chi connectivity index (χ0n) is 18.0. The summed E-state index contributed by atoms with van der Waals surface area (Å²) in [5.74, 6) is -3.66. The lowest BCUT2D eigenvalue weighted by Gasteiger charge is -2.13. The Balaban J connectivity index is 1.64. The highest BCUT2D eigenvalue weighted by Crippen LogP contribution is 2.28. The summed E-state index contributed by atoms with van der Waals surface area (Å²) >= 11 is 13.1. The minimum atomic E-state index is -1.42. The zero-order valence-corrected chi connectivity index (χ0v) is 20.4. The van der Waals surface area contributed by atoms with Crippen LogP contribution >= 0.6 is 35.0 Å². The van der Waals surface area contributed by atoms with Crippen LogP contribution in [-0.2, 0) is 4.79 Å². The molecule has 8 nitrogen and oxygen atoms in total. The number of benzene rings is 3. The maximum Gasteiger partial charge on any atom is 0.336 e. The molecule has 2 amide bonds. The second kappa shape index (κ2) is 11.3. The summed E-state index contributed by atoms with van der Waals surface area (Å²) in [5, 5.41) is 24.0. The van der Waals surface area contributed by atoms with Crippen LogP contribution in [-0.4, -0.2) is 39.2 Å². The van der Waals surface area contributed by atoms with Gasteiger partial charge in [-0.3, -0.25) is 9.59 Å². The second-order valence-corrected chi connectivity index (χ2v) is 9.46. The van der Waals surface area contributed by atoms with Crippen LogP contribution in [0.3, 0.4) is 0 Å². The highest BCUT2D eigenvalue weighted by molar-refractivity contribution is 8.00. The van der Waals surface area contributed by atoms with Gasteiger partial charge in [0.25, 0.3) is 5.91 Å². The Morgan fingerprint density at radius 3 is 2.03 bits per heavy atom. The van der Waals surface area contributed by atoms with E-state index < -0.39 is 28.7 Å². The standard InChI is InChI=1S/C24H18Cl2N2O6S/c1-12(21(29)28-15-5-9-19(25)20(26)11-15)35-16-6-3-14(4-7-16)27-22(30)17-8-2-13(23(31)32)10-18(17)24(33)34/h2-12H,1H3,(H,27,30)(H,28,29)(H,31,32)(H,33,34). The molecular weight excluding hydrogens is 515 g/mol. The third kappa shape index (κ3) is 6.75. The number of nitrogens with one attached hydrogen (secondary N) is 2. The van der Waals surface area contributed by atoms with E-state index in [0.717, 1.165) is 23.1 Å². The molecule has 0 spiro atoms. The third-order valence-corrected chi connectivity index (χ3v) is 6.57. The Bertz CT molecular complexity index is 1310. The van der Waals surface area contributed by atoms with Crippen molar-refractivity contribution in [2.24, 2.45) is 0 Å². The molecule has 1 unspecified atom stereocenters. The van der Waals surface area contributed by atoms with Crippen molar-refractivity contribution < 1.29 is 29.4 Å². The number of rotatable bonds is 8. The van der Waals surface area contributed by atoms with Gasteiger partial charge in [0.1, 0.15) is 0 Å². The number of carboxylic acid groups (broad SMARTS) is 2. The Labute approximate surface area is 214 Å². The lowest BCUT2D eigenvalue weighted by atomic mass is 10.0. The summed E-state index contributed by atoms with van der Waals surface area (Å²) in [6.07, 6.45) is 0. The average Bonchev–Trinajstić information content (AvgIpc) is 2.82. The number of amides is 2. The molecule has 35 heavy (non-hydrogen) atoms. The summed E-state index contributed by atoms with van der Waals surface area (Å²) in [6.45, 7) is 1.74. The van der Waals surface area contributed by atoms with Gasteiger partial charge >= 0.3 is 11.9 Å². The topological polar surface area (TPSA) is 133 Å². The van der Waals surface area contributed by atoms with Crippen molar-refractivity contribution in [2.75, 3.05) is 10.6 Å². The summed E-state index contributed by atoms with van der Waals surface area (Å²) < 4.78 is 0. The molecule has 0 heterocycles. The van der Waals surface area contributed by atoms with E-state index >= 15 is 0 Å². The van der Waals surface area contributed by atoms with Crippen molar-refractivity contribution in [1.82, 2.24) is 0 Å². The minimum Gasteiger partial charge on any atom is -0.478 e. The average molecular weight is 533 g/mol. The Kier molecular flexibility index (Phi) is 8.39. The predicted molar refractivity (Wildman–Crippen MR) is 135 cm³/mol. The predicted octanol–water partition coefficient (Wildman–Crippen LogP) is 5.76. The third-order valence-electron chi connectivity index (χ3n) is 4.72. The first-order valence-electron chi connectivity index (χ1n) is 9.99. The first kappa shape index (κ1) is 26.1. The molecule has 3 rings (SSSR count). The van der Waals surface area contributed by atoms with Crippen LogP contribution in [0.5, 0.6) is 0 Å². The van der Waals surface area contributed by atoms with Crippen molar-refractivity contribution in [3.8, 4) is 0 Å². The highest BCUT2D eigenvalue weighted by Gasteiger charge is 2.20. The fraction of sp³-hybridized carbons (Fsp3) is 0.0833. The molecule has 0 bridgehead atoms. The maximum atomic E-state index is 12.6. The van der Waals surface area contributed by atoms with Crippen LogP contribution in [0.25, 0.3) is 0 Å². The van der Waals surface area contributed by atoms with Gasteiger partial charge in [0, 0.05) is 16.3 Å². The number of aromatic carboxylic acids is 2. The van der Waals surface area contributed by atoms with Crippen molar-refractivity contribution in [1.29, 1.82) is 0 Å². The highest BCUT2D eigenvalue weighted by atomic mass is 35.5. The molecule has 0 fully saturated rings. The van der Waals surface area contributed by atoms with Gasteiger partial charge in [-0.25, -0.2) is 9.59 Å². The normalized spacial score (nSPS) is 11.4. The van der Waals surface area contributed by atoms with Gasteiger partial charge in [-0.15, -0.1) is 11.8 Å². The van der Waals surface area contributed by atoms with E-state index in [1.54, 1.807) is 49.4 Å². The zero-order chi connectivity index (χ0) is 25.7. The van der Waals surface area contributed by atoms with E-state index in [2.05, 4.69) is 10.6 Å². The van der Waals surface area contributed by atoms with Crippen LogP contribution in [0.15, 0.2) is 65.6 Å². The Hall–Kier alpha value is -3.53. The van der Waals surface area contributed by atoms with Crippen LogP contribution in [0, 0.1) is 0 Å². The van der Waals surface area contributed by atoms with Gasteiger partial charge in [0.05, 0.1) is 32.0 Å². The largest absolute Gasteiger partial charge is 0.478 e. The summed E-state index contributed by atoms with van der Waals surface area (Å²) in [4.78, 5) is 48.4. The summed E-state index contributed by atoms with van der Waals surface area (Å²) in [7, 11) is 0. The number of anilines is 2. The molecule has 4 N–H and O–H groups in total. The maximum absolute atomic E-state index is 12.6. The Morgan fingerprint density at radius 2 is 1.43 bits per heavy atom. The van der Waals surface area contributed by atoms with Crippen LogP contribution < -0.4 is 10.6 Å². The smallest absolute Gasteiger partial charge is 0.336 e. The number of hydrogen-bond acceptors (Lipinski definition) is 5. The van der Waals surface area contributed by atoms with E-state index in [0.29, 0.717) is 21.4 Å². The fourth-order valence-corrected chi connectivity index (χ4v) is 4.11. The second-order valence-electron chi connectivity index (χ2n) is 7.23. The lowest BCUT2D eigenvalue weighted by molar-refractivity contribution is -0.115. The van der Waals surface area contributed by atoms with E-state index in [-0.39, 0.29) is 17.0 Å². The number of carbonyl (C=O) groups excluding carboxylic acids is 2. The van der Waals surface area contributed by atoms with Gasteiger partial charge < -0.3 is 20.8 Å². The molecule has 1 atom stereocenters. The van der Waals surface area contributed by atoms with Crippen LogP contribution in [0.2, 0.25) is 10.0 Å². The van der Waals surface area contributed by atoms with Crippen molar-refractivity contribution in [3.63, 3.8) is 0 Å².